The molecule has 0 fully saturated rings. The fourth-order valence-electron chi connectivity index (χ4n) is 2.15. The molecule has 9 heteroatoms. The Kier molecular flexibility index (Phi) is 3.64. The summed E-state index contributed by atoms with van der Waals surface area (Å²) in [4.78, 5) is 8.38. The molecule has 0 saturated heterocycles. The molecule has 0 unspecified atom stereocenters. The van der Waals surface area contributed by atoms with Crippen molar-refractivity contribution in [3.05, 3.63) is 30.5 Å². The third kappa shape index (κ3) is 2.70. The van der Waals surface area contributed by atoms with Crippen LogP contribution < -0.4 is 11.1 Å². The van der Waals surface area contributed by atoms with Crippen molar-refractivity contribution in [3.63, 3.8) is 0 Å². The van der Waals surface area contributed by atoms with Crippen LogP contribution in [0.1, 0.15) is 13.8 Å². The first-order chi connectivity index (χ1) is 10.9. The maximum atomic E-state index is 12.5. The molecular formula is C14H16N6O2S. The number of aromatic amines is 1. The minimum absolute atomic E-state index is 0.0634. The van der Waals surface area contributed by atoms with E-state index in [-0.39, 0.29) is 10.8 Å². The number of H-pyrrole nitrogens is 1. The Morgan fingerprint density at radius 3 is 2.70 bits per heavy atom. The number of rotatable bonds is 4. The summed E-state index contributed by atoms with van der Waals surface area (Å²) >= 11 is 0. The molecule has 0 amide bonds. The van der Waals surface area contributed by atoms with Crippen LogP contribution in [0, 0.1) is 0 Å². The van der Waals surface area contributed by atoms with E-state index in [1.807, 2.05) is 0 Å². The quantitative estimate of drug-likeness (QED) is 0.665. The lowest BCUT2D eigenvalue weighted by Crippen LogP contribution is -2.15. The van der Waals surface area contributed by atoms with Crippen molar-refractivity contribution >= 4 is 38.3 Å². The third-order valence-corrected chi connectivity index (χ3v) is 5.60. The number of para-hydroxylation sites is 1. The van der Waals surface area contributed by atoms with Crippen LogP contribution in [0.15, 0.2) is 35.4 Å². The van der Waals surface area contributed by atoms with Crippen LogP contribution in [-0.4, -0.2) is 33.8 Å². The molecule has 3 aromatic rings. The van der Waals surface area contributed by atoms with Crippen LogP contribution in [0.2, 0.25) is 0 Å². The first kappa shape index (κ1) is 15.2. The smallest absolute Gasteiger partial charge is 0.224 e. The van der Waals surface area contributed by atoms with Crippen molar-refractivity contribution in [2.75, 3.05) is 11.1 Å². The van der Waals surface area contributed by atoms with Gasteiger partial charge in [-0.1, -0.05) is 12.1 Å². The van der Waals surface area contributed by atoms with E-state index in [0.717, 1.165) is 0 Å². The van der Waals surface area contributed by atoms with Crippen LogP contribution in [-0.2, 0) is 9.84 Å². The van der Waals surface area contributed by atoms with Gasteiger partial charge in [0.1, 0.15) is 5.82 Å². The maximum absolute atomic E-state index is 12.5. The number of nitrogen functional groups attached to an aromatic ring is 1. The van der Waals surface area contributed by atoms with E-state index < -0.39 is 15.1 Å². The predicted molar refractivity (Wildman–Crippen MR) is 88.1 cm³/mol. The van der Waals surface area contributed by atoms with Gasteiger partial charge in [-0.05, 0) is 26.0 Å². The number of aromatic nitrogens is 4. The van der Waals surface area contributed by atoms with Crippen molar-refractivity contribution < 1.29 is 8.42 Å². The predicted octanol–water partition coefficient (Wildman–Crippen LogP) is 1.86. The topological polar surface area (TPSA) is 127 Å². The van der Waals surface area contributed by atoms with Gasteiger partial charge < -0.3 is 11.1 Å². The zero-order valence-corrected chi connectivity index (χ0v) is 13.4. The lowest BCUT2D eigenvalue weighted by atomic mass is 10.3. The van der Waals surface area contributed by atoms with E-state index in [4.69, 9.17) is 5.73 Å². The van der Waals surface area contributed by atoms with Crippen LogP contribution in [0.3, 0.4) is 0 Å². The SMILES string of the molecule is CC(C)S(=O)(=O)c1ccccc1Nc1nc(N)nc2[nH]ncc12. The van der Waals surface area contributed by atoms with Crippen molar-refractivity contribution in [3.8, 4) is 0 Å². The van der Waals surface area contributed by atoms with E-state index >= 15 is 0 Å². The van der Waals surface area contributed by atoms with Gasteiger partial charge >= 0.3 is 0 Å². The molecule has 8 nitrogen and oxygen atoms in total. The molecule has 0 spiro atoms. The summed E-state index contributed by atoms with van der Waals surface area (Å²) in [7, 11) is -3.44. The summed E-state index contributed by atoms with van der Waals surface area (Å²) in [6.45, 7) is 3.28. The second-order valence-electron chi connectivity index (χ2n) is 5.28. The van der Waals surface area contributed by atoms with Gasteiger partial charge in [0.2, 0.25) is 5.95 Å². The van der Waals surface area contributed by atoms with Crippen LogP contribution in [0.4, 0.5) is 17.5 Å². The summed E-state index contributed by atoms with van der Waals surface area (Å²) in [5.74, 6) is 0.459. The summed E-state index contributed by atoms with van der Waals surface area (Å²) < 4.78 is 25.0. The van der Waals surface area contributed by atoms with Gasteiger partial charge in [0.05, 0.1) is 27.4 Å². The molecule has 1 aromatic carbocycles. The molecular weight excluding hydrogens is 316 g/mol. The number of hydrogen-bond donors (Lipinski definition) is 3. The summed E-state index contributed by atoms with van der Waals surface area (Å²) in [5, 5.41) is 9.73. The van der Waals surface area contributed by atoms with Crippen LogP contribution >= 0.6 is 0 Å². The second kappa shape index (κ2) is 5.51. The molecule has 4 N–H and O–H groups in total. The van der Waals surface area contributed by atoms with E-state index in [9.17, 15) is 8.42 Å². The van der Waals surface area contributed by atoms with Crippen molar-refractivity contribution in [1.29, 1.82) is 0 Å². The van der Waals surface area contributed by atoms with Gasteiger partial charge in [0.15, 0.2) is 15.5 Å². The minimum atomic E-state index is -3.44. The van der Waals surface area contributed by atoms with Gasteiger partial charge in [-0.3, -0.25) is 5.10 Å². The summed E-state index contributed by atoms with van der Waals surface area (Å²) in [5.41, 5.74) is 6.59. The Hall–Kier alpha value is -2.68. The molecule has 0 saturated carbocycles. The molecule has 0 aliphatic rings. The Balaban J connectivity index is 2.12. The highest BCUT2D eigenvalue weighted by atomic mass is 32.2. The average molecular weight is 332 g/mol. The fraction of sp³-hybridized carbons (Fsp3) is 0.214. The normalized spacial score (nSPS) is 12.0. The molecule has 120 valence electrons. The lowest BCUT2D eigenvalue weighted by Gasteiger charge is -2.14. The van der Waals surface area contributed by atoms with Crippen LogP contribution in [0.25, 0.3) is 11.0 Å². The zero-order valence-electron chi connectivity index (χ0n) is 12.6. The average Bonchev–Trinajstić information content (AvgIpc) is 2.95. The number of nitrogens with zero attached hydrogens (tertiary/aromatic N) is 3. The number of nitrogens with two attached hydrogens (primary N) is 1. The standard InChI is InChI=1S/C14H16N6O2S/c1-8(2)23(21,22)11-6-4-3-5-10(11)17-12-9-7-16-20-13(9)19-14(15)18-12/h3-8H,1-2H3,(H4,15,16,17,18,19,20). The summed E-state index contributed by atoms with van der Waals surface area (Å²) in [6.07, 6.45) is 1.55. The Morgan fingerprint density at radius 1 is 1.22 bits per heavy atom. The number of sulfone groups is 1. The molecule has 0 atom stereocenters. The minimum Gasteiger partial charge on any atom is -0.368 e. The Bertz CT molecular complexity index is 964. The number of nitrogens with one attached hydrogen (secondary N) is 2. The van der Waals surface area contributed by atoms with Crippen molar-refractivity contribution in [2.24, 2.45) is 0 Å². The van der Waals surface area contributed by atoms with E-state index in [1.165, 1.54) is 0 Å². The molecule has 2 heterocycles. The first-order valence-electron chi connectivity index (χ1n) is 6.96. The van der Waals surface area contributed by atoms with Crippen molar-refractivity contribution in [1.82, 2.24) is 20.2 Å². The third-order valence-electron chi connectivity index (χ3n) is 3.39. The van der Waals surface area contributed by atoms with Gasteiger partial charge in [0.25, 0.3) is 0 Å². The molecule has 3 rings (SSSR count). The number of fused-ring (bicyclic) bond motifs is 1. The largest absolute Gasteiger partial charge is 0.368 e. The van der Waals surface area contributed by atoms with Crippen LogP contribution in [0.5, 0.6) is 0 Å². The molecule has 0 radical (unpaired) electrons. The molecule has 0 bridgehead atoms. The van der Waals surface area contributed by atoms with Crippen molar-refractivity contribution in [2.45, 2.75) is 24.0 Å². The highest BCUT2D eigenvalue weighted by Crippen LogP contribution is 2.29. The van der Waals surface area contributed by atoms with Gasteiger partial charge in [-0.25, -0.2) is 8.42 Å². The number of anilines is 3. The second-order valence-corrected chi connectivity index (χ2v) is 7.75. The monoisotopic (exact) mass is 332 g/mol. The maximum Gasteiger partial charge on any atom is 0.224 e. The molecule has 0 aliphatic carbocycles. The van der Waals surface area contributed by atoms with Gasteiger partial charge in [-0.15, -0.1) is 0 Å². The van der Waals surface area contributed by atoms with E-state index in [1.54, 1.807) is 44.3 Å². The van der Waals surface area contributed by atoms with E-state index in [2.05, 4.69) is 25.5 Å². The highest BCUT2D eigenvalue weighted by molar-refractivity contribution is 7.92. The highest BCUT2D eigenvalue weighted by Gasteiger charge is 2.23. The molecule has 2 aromatic heterocycles. The van der Waals surface area contributed by atoms with E-state index in [0.29, 0.717) is 22.5 Å². The molecule has 23 heavy (non-hydrogen) atoms. The number of benzene rings is 1. The van der Waals surface area contributed by atoms with Gasteiger partial charge in [0, 0.05) is 0 Å². The van der Waals surface area contributed by atoms with Gasteiger partial charge in [-0.2, -0.15) is 15.1 Å². The fourth-order valence-corrected chi connectivity index (χ4v) is 3.35. The first-order valence-corrected chi connectivity index (χ1v) is 8.51. The number of hydrogen-bond acceptors (Lipinski definition) is 7. The Morgan fingerprint density at radius 2 is 1.96 bits per heavy atom. The zero-order chi connectivity index (χ0) is 16.6. The Labute approximate surface area is 133 Å². The summed E-state index contributed by atoms with van der Waals surface area (Å²) in [6, 6.07) is 6.68. The lowest BCUT2D eigenvalue weighted by molar-refractivity contribution is 0.588. The molecule has 0 aliphatic heterocycles.